The molecule has 16 heavy (non-hydrogen) atoms. The Morgan fingerprint density at radius 2 is 2.06 bits per heavy atom. The highest BCUT2D eigenvalue weighted by molar-refractivity contribution is 6.24. The van der Waals surface area contributed by atoms with Gasteiger partial charge >= 0.3 is 6.18 Å². The van der Waals surface area contributed by atoms with Crippen molar-refractivity contribution in [2.24, 2.45) is 0 Å². The monoisotopic (exact) mass is 230 g/mol. The van der Waals surface area contributed by atoms with Crippen molar-refractivity contribution in [3.8, 4) is 5.75 Å². The second-order valence-corrected chi connectivity index (χ2v) is 3.19. The summed E-state index contributed by atoms with van der Waals surface area (Å²) in [6.07, 6.45) is -4.31. The van der Waals surface area contributed by atoms with Gasteiger partial charge in [-0.15, -0.1) is 0 Å². The Bertz CT molecular complexity index is 402. The Balaban J connectivity index is 3.27. The van der Waals surface area contributed by atoms with Gasteiger partial charge in [-0.3, -0.25) is 4.79 Å². The summed E-state index contributed by atoms with van der Waals surface area (Å²) in [7, 11) is 2.90. The van der Waals surface area contributed by atoms with Crippen LogP contribution < -0.4 is 4.74 Å². The summed E-state index contributed by atoms with van der Waals surface area (Å²) in [6.45, 7) is 0. The van der Waals surface area contributed by atoms with Crippen LogP contribution in [0.15, 0.2) is 18.2 Å². The third-order valence-electron chi connectivity index (χ3n) is 2.15. The van der Waals surface area contributed by atoms with Crippen LogP contribution >= 0.6 is 0 Å². The molecule has 0 aromatic heterocycles. The first-order valence-corrected chi connectivity index (χ1v) is 4.68. The first kappa shape index (κ1) is 12.6. The number of ether oxygens (including phenoxy) is 1. The van der Waals surface area contributed by atoms with Crippen LogP contribution in [0.5, 0.6) is 5.75 Å². The molecule has 1 aromatic rings. The molecule has 0 fully saturated rings. The van der Waals surface area contributed by atoms with E-state index in [-0.39, 0.29) is 23.4 Å². The van der Waals surface area contributed by atoms with Crippen molar-refractivity contribution in [1.82, 2.24) is 0 Å². The summed E-state index contributed by atoms with van der Waals surface area (Å²) in [5.41, 5.74) is -0.870. The van der Waals surface area contributed by atoms with Gasteiger partial charge in [0.05, 0.1) is 18.2 Å². The normalized spacial score (nSPS) is 11.2. The Labute approximate surface area is 91.8 Å². The van der Waals surface area contributed by atoms with Crippen LogP contribution in [0.25, 0.3) is 0 Å². The molecule has 1 aromatic carbocycles. The van der Waals surface area contributed by atoms with Gasteiger partial charge in [0.1, 0.15) is 13.6 Å². The van der Waals surface area contributed by atoms with E-state index in [1.165, 1.54) is 7.11 Å². The van der Waals surface area contributed by atoms with E-state index in [0.717, 1.165) is 18.2 Å². The van der Waals surface area contributed by atoms with Crippen LogP contribution in [-0.4, -0.2) is 20.7 Å². The minimum Gasteiger partial charge on any atom is -0.496 e. The second kappa shape index (κ2) is 4.59. The highest BCUT2D eigenvalue weighted by atomic mass is 19.4. The van der Waals surface area contributed by atoms with Gasteiger partial charge in [0.15, 0.2) is 5.78 Å². The molecule has 1 rings (SSSR count). The number of alkyl halides is 3. The van der Waals surface area contributed by atoms with Crippen LogP contribution in [0.2, 0.25) is 6.32 Å². The van der Waals surface area contributed by atoms with Crippen LogP contribution in [0.1, 0.15) is 15.9 Å². The van der Waals surface area contributed by atoms with Crippen molar-refractivity contribution in [2.45, 2.75) is 12.5 Å². The van der Waals surface area contributed by atoms with Crippen LogP contribution in [-0.2, 0) is 6.18 Å². The number of ketones is 1. The Hall–Kier alpha value is -1.46. The lowest BCUT2D eigenvalue weighted by atomic mass is 9.94. The Morgan fingerprint density at radius 3 is 2.50 bits per heavy atom. The third kappa shape index (κ3) is 2.56. The van der Waals surface area contributed by atoms with Crippen LogP contribution in [0.3, 0.4) is 0 Å². The lowest BCUT2D eigenvalue weighted by Gasteiger charge is -2.11. The quantitative estimate of drug-likeness (QED) is 0.585. The molecule has 0 aliphatic heterocycles. The van der Waals surface area contributed by atoms with Crippen molar-refractivity contribution in [2.75, 3.05) is 7.11 Å². The molecule has 0 radical (unpaired) electrons. The summed E-state index contributed by atoms with van der Waals surface area (Å²) < 4.78 is 42.1. The number of rotatable bonds is 3. The molecule has 86 valence electrons. The number of Topliss-reactive ketones (excluding diaryl/α,β-unsaturated/α-hetero) is 1. The van der Waals surface area contributed by atoms with Gasteiger partial charge in [0.2, 0.25) is 0 Å². The first-order valence-electron chi connectivity index (χ1n) is 4.68. The van der Waals surface area contributed by atoms with Gasteiger partial charge in [-0.1, -0.05) is 0 Å². The predicted octanol–water partition coefficient (Wildman–Crippen LogP) is 1.95. The molecule has 0 N–H and O–H groups in total. The largest absolute Gasteiger partial charge is 0.496 e. The third-order valence-corrected chi connectivity index (χ3v) is 2.15. The summed E-state index contributed by atoms with van der Waals surface area (Å²) in [5.74, 6) is -0.206. The number of carbonyl (C=O) groups excluding carboxylic acids is 1. The van der Waals surface area contributed by atoms with Gasteiger partial charge in [-0.25, -0.2) is 0 Å². The Morgan fingerprint density at radius 1 is 1.44 bits per heavy atom. The summed E-state index contributed by atoms with van der Waals surface area (Å²) in [4.78, 5) is 11.4. The molecule has 0 spiro atoms. The summed E-state index contributed by atoms with van der Waals surface area (Å²) in [5, 5.41) is 0. The number of methoxy groups -OCH3 is 1. The molecule has 0 heterocycles. The fraction of sp³-hybridized carbons (Fsp3) is 0.300. The SMILES string of the molecule is BCC(=O)c1cc(C(F)(F)F)ccc1OC. The summed E-state index contributed by atoms with van der Waals surface area (Å²) in [6, 6.07) is 2.88. The fourth-order valence-corrected chi connectivity index (χ4v) is 1.29. The van der Waals surface area contributed by atoms with Crippen molar-refractivity contribution in [3.05, 3.63) is 29.3 Å². The minimum absolute atomic E-state index is 0.0279. The van der Waals surface area contributed by atoms with E-state index in [4.69, 9.17) is 4.74 Å². The van der Waals surface area contributed by atoms with Gasteiger partial charge in [0, 0.05) is 0 Å². The zero-order chi connectivity index (χ0) is 12.3. The molecule has 0 bridgehead atoms. The molecule has 0 saturated carbocycles. The lowest BCUT2D eigenvalue weighted by Crippen LogP contribution is -2.08. The van der Waals surface area contributed by atoms with E-state index in [2.05, 4.69) is 0 Å². The van der Waals surface area contributed by atoms with Crippen molar-refractivity contribution >= 4 is 13.6 Å². The number of hydrogen-bond donors (Lipinski definition) is 0. The van der Waals surface area contributed by atoms with Crippen molar-refractivity contribution < 1.29 is 22.7 Å². The maximum Gasteiger partial charge on any atom is 0.416 e. The van der Waals surface area contributed by atoms with Crippen molar-refractivity contribution in [3.63, 3.8) is 0 Å². The van der Waals surface area contributed by atoms with E-state index in [1.807, 2.05) is 0 Å². The lowest BCUT2D eigenvalue weighted by molar-refractivity contribution is -0.137. The highest BCUT2D eigenvalue weighted by Gasteiger charge is 2.31. The molecule has 0 atom stereocenters. The number of halogens is 3. The molecule has 6 heteroatoms. The molecular weight excluding hydrogens is 220 g/mol. The maximum absolute atomic E-state index is 12.4. The van der Waals surface area contributed by atoms with E-state index >= 15 is 0 Å². The average molecular weight is 230 g/mol. The number of carbonyl (C=O) groups is 1. The molecule has 0 amide bonds. The van der Waals surface area contributed by atoms with Gasteiger partial charge < -0.3 is 4.74 Å². The standard InChI is InChI=1S/C10H10BF3O2/c1-16-9-3-2-6(10(12,13)14)4-7(9)8(15)5-11/h2-4H,5,11H2,1H3. The first-order chi connectivity index (χ1) is 7.40. The van der Waals surface area contributed by atoms with E-state index < -0.39 is 11.7 Å². The molecule has 0 aliphatic rings. The van der Waals surface area contributed by atoms with E-state index in [9.17, 15) is 18.0 Å². The van der Waals surface area contributed by atoms with Gasteiger partial charge in [0.25, 0.3) is 0 Å². The molecule has 0 unspecified atom stereocenters. The molecule has 0 aliphatic carbocycles. The average Bonchev–Trinajstić information content (AvgIpc) is 2.25. The van der Waals surface area contributed by atoms with Crippen LogP contribution in [0.4, 0.5) is 13.2 Å². The van der Waals surface area contributed by atoms with Gasteiger partial charge in [-0.05, 0) is 24.5 Å². The predicted molar refractivity (Wildman–Crippen MR) is 55.7 cm³/mol. The molecule has 0 saturated heterocycles. The van der Waals surface area contributed by atoms with E-state index in [1.54, 1.807) is 7.85 Å². The van der Waals surface area contributed by atoms with Crippen molar-refractivity contribution in [1.29, 1.82) is 0 Å². The number of benzene rings is 1. The number of hydrogen-bond acceptors (Lipinski definition) is 2. The second-order valence-electron chi connectivity index (χ2n) is 3.19. The molecular formula is C10H10BF3O2. The highest BCUT2D eigenvalue weighted by Crippen LogP contribution is 2.32. The smallest absolute Gasteiger partial charge is 0.416 e. The van der Waals surface area contributed by atoms with Crippen LogP contribution in [0, 0.1) is 0 Å². The zero-order valence-electron chi connectivity index (χ0n) is 8.89. The van der Waals surface area contributed by atoms with Gasteiger partial charge in [-0.2, -0.15) is 13.2 Å². The van der Waals surface area contributed by atoms with E-state index in [0.29, 0.717) is 0 Å². The minimum atomic E-state index is -4.45. The molecule has 2 nitrogen and oxygen atoms in total. The topological polar surface area (TPSA) is 26.3 Å². The maximum atomic E-state index is 12.4. The summed E-state index contributed by atoms with van der Waals surface area (Å²) >= 11 is 0. The Kier molecular flexibility index (Phi) is 3.62. The zero-order valence-corrected chi connectivity index (χ0v) is 8.89. The fourth-order valence-electron chi connectivity index (χ4n) is 1.29.